The lowest BCUT2D eigenvalue weighted by Crippen LogP contribution is -2.26. The summed E-state index contributed by atoms with van der Waals surface area (Å²) in [7, 11) is 0. The number of nitrogens with zero attached hydrogens (tertiary/aromatic N) is 2. The predicted molar refractivity (Wildman–Crippen MR) is 81.5 cm³/mol. The standard InChI is InChI=1S/C16H27N3/c1-4-17-12-14-6-7-15(18-13-14)19-10-5-8-16(2,3)9-11-19/h6-7,13,17H,4-5,8-12H2,1-3H3. The summed E-state index contributed by atoms with van der Waals surface area (Å²) >= 11 is 0. The van der Waals surface area contributed by atoms with E-state index in [0.717, 1.165) is 32.0 Å². The monoisotopic (exact) mass is 261 g/mol. The summed E-state index contributed by atoms with van der Waals surface area (Å²) in [5.74, 6) is 1.14. The van der Waals surface area contributed by atoms with Crippen LogP contribution < -0.4 is 10.2 Å². The van der Waals surface area contributed by atoms with Crippen molar-refractivity contribution in [1.29, 1.82) is 0 Å². The van der Waals surface area contributed by atoms with Gasteiger partial charge in [0.2, 0.25) is 0 Å². The van der Waals surface area contributed by atoms with Crippen LogP contribution in [0.4, 0.5) is 5.82 Å². The first-order valence-corrected chi connectivity index (χ1v) is 7.51. The molecule has 106 valence electrons. The summed E-state index contributed by atoms with van der Waals surface area (Å²) in [6.07, 6.45) is 5.86. The molecule has 1 aliphatic heterocycles. The van der Waals surface area contributed by atoms with Crippen LogP contribution in [0, 0.1) is 5.41 Å². The quantitative estimate of drug-likeness (QED) is 0.902. The molecule has 1 saturated heterocycles. The molecule has 1 aromatic rings. The SMILES string of the molecule is CCNCc1ccc(N2CCCC(C)(C)CC2)nc1. The lowest BCUT2D eigenvalue weighted by atomic mass is 9.85. The van der Waals surface area contributed by atoms with Crippen molar-refractivity contribution in [3.63, 3.8) is 0 Å². The number of hydrogen-bond acceptors (Lipinski definition) is 3. The molecule has 0 aromatic carbocycles. The molecule has 1 N–H and O–H groups in total. The summed E-state index contributed by atoms with van der Waals surface area (Å²) in [6.45, 7) is 11.1. The van der Waals surface area contributed by atoms with Crippen molar-refractivity contribution in [2.45, 2.75) is 46.6 Å². The van der Waals surface area contributed by atoms with Crippen molar-refractivity contribution < 1.29 is 0 Å². The van der Waals surface area contributed by atoms with E-state index >= 15 is 0 Å². The van der Waals surface area contributed by atoms with Crippen molar-refractivity contribution in [1.82, 2.24) is 10.3 Å². The number of anilines is 1. The average Bonchev–Trinajstić information content (AvgIpc) is 2.58. The van der Waals surface area contributed by atoms with E-state index in [1.165, 1.54) is 24.8 Å². The van der Waals surface area contributed by atoms with Crippen LogP contribution in [-0.4, -0.2) is 24.6 Å². The van der Waals surface area contributed by atoms with E-state index in [9.17, 15) is 0 Å². The van der Waals surface area contributed by atoms with Gasteiger partial charge in [-0.15, -0.1) is 0 Å². The van der Waals surface area contributed by atoms with Gasteiger partial charge in [0.1, 0.15) is 5.82 Å². The van der Waals surface area contributed by atoms with Gasteiger partial charge in [-0.25, -0.2) is 4.98 Å². The average molecular weight is 261 g/mol. The fourth-order valence-corrected chi connectivity index (χ4v) is 2.63. The Morgan fingerprint density at radius 3 is 2.79 bits per heavy atom. The minimum absolute atomic E-state index is 0.486. The van der Waals surface area contributed by atoms with Gasteiger partial charge in [-0.05, 0) is 42.9 Å². The highest BCUT2D eigenvalue weighted by Gasteiger charge is 2.23. The Morgan fingerprint density at radius 2 is 2.11 bits per heavy atom. The normalized spacial score (nSPS) is 19.2. The number of nitrogens with one attached hydrogen (secondary N) is 1. The van der Waals surface area contributed by atoms with Crippen molar-refractivity contribution in [3.8, 4) is 0 Å². The third-order valence-electron chi connectivity index (χ3n) is 4.05. The Kier molecular flexibility index (Phi) is 4.81. The summed E-state index contributed by atoms with van der Waals surface area (Å²) in [5, 5.41) is 3.33. The Balaban J connectivity index is 1.97. The van der Waals surface area contributed by atoms with Gasteiger partial charge in [0.15, 0.2) is 0 Å². The molecule has 0 radical (unpaired) electrons. The van der Waals surface area contributed by atoms with Crippen LogP contribution in [0.15, 0.2) is 18.3 Å². The summed E-state index contributed by atoms with van der Waals surface area (Å²) in [5.41, 5.74) is 1.75. The van der Waals surface area contributed by atoms with Crippen molar-refractivity contribution in [2.24, 2.45) is 5.41 Å². The third kappa shape index (κ3) is 4.20. The van der Waals surface area contributed by atoms with Gasteiger partial charge in [0.25, 0.3) is 0 Å². The van der Waals surface area contributed by atoms with E-state index in [0.29, 0.717) is 5.41 Å². The molecule has 0 unspecified atom stereocenters. The van der Waals surface area contributed by atoms with Crippen molar-refractivity contribution in [3.05, 3.63) is 23.9 Å². The fraction of sp³-hybridized carbons (Fsp3) is 0.688. The molecule has 19 heavy (non-hydrogen) atoms. The molecular formula is C16H27N3. The molecule has 2 heterocycles. The zero-order valence-corrected chi connectivity index (χ0v) is 12.6. The van der Waals surface area contributed by atoms with Gasteiger partial charge in [-0.3, -0.25) is 0 Å². The molecule has 0 amide bonds. The molecule has 0 spiro atoms. The molecule has 1 aliphatic rings. The van der Waals surface area contributed by atoms with E-state index in [2.05, 4.69) is 48.1 Å². The van der Waals surface area contributed by atoms with Crippen LogP contribution in [0.25, 0.3) is 0 Å². The largest absolute Gasteiger partial charge is 0.357 e. The van der Waals surface area contributed by atoms with Gasteiger partial charge in [-0.1, -0.05) is 26.8 Å². The minimum atomic E-state index is 0.486. The Morgan fingerprint density at radius 1 is 1.26 bits per heavy atom. The first-order chi connectivity index (χ1) is 9.11. The highest BCUT2D eigenvalue weighted by molar-refractivity contribution is 5.39. The van der Waals surface area contributed by atoms with Crippen LogP contribution >= 0.6 is 0 Å². The lowest BCUT2D eigenvalue weighted by Gasteiger charge is -2.24. The summed E-state index contributed by atoms with van der Waals surface area (Å²) in [6, 6.07) is 4.37. The molecule has 3 heteroatoms. The Labute approximate surface area is 117 Å². The summed E-state index contributed by atoms with van der Waals surface area (Å²) in [4.78, 5) is 7.07. The molecule has 1 aromatic heterocycles. The zero-order chi connectivity index (χ0) is 13.7. The highest BCUT2D eigenvalue weighted by Crippen LogP contribution is 2.31. The van der Waals surface area contributed by atoms with Crippen LogP contribution in [0.5, 0.6) is 0 Å². The number of rotatable bonds is 4. The number of pyridine rings is 1. The molecule has 3 nitrogen and oxygen atoms in total. The van der Waals surface area contributed by atoms with Crippen LogP contribution in [0.2, 0.25) is 0 Å². The van der Waals surface area contributed by atoms with Gasteiger partial charge in [0.05, 0.1) is 0 Å². The van der Waals surface area contributed by atoms with E-state index < -0.39 is 0 Å². The van der Waals surface area contributed by atoms with Gasteiger partial charge < -0.3 is 10.2 Å². The first kappa shape index (κ1) is 14.3. The van der Waals surface area contributed by atoms with Crippen LogP contribution in [-0.2, 0) is 6.54 Å². The Hall–Kier alpha value is -1.09. The maximum Gasteiger partial charge on any atom is 0.128 e. The van der Waals surface area contributed by atoms with E-state index in [1.54, 1.807) is 0 Å². The third-order valence-corrected chi connectivity index (χ3v) is 4.05. The molecule has 0 atom stereocenters. The van der Waals surface area contributed by atoms with Crippen LogP contribution in [0.1, 0.15) is 45.6 Å². The van der Waals surface area contributed by atoms with E-state index in [-0.39, 0.29) is 0 Å². The molecule has 0 saturated carbocycles. The maximum atomic E-state index is 4.63. The predicted octanol–water partition coefficient (Wildman–Crippen LogP) is 3.21. The molecule has 0 bridgehead atoms. The fourth-order valence-electron chi connectivity index (χ4n) is 2.63. The minimum Gasteiger partial charge on any atom is -0.357 e. The van der Waals surface area contributed by atoms with Gasteiger partial charge in [-0.2, -0.15) is 0 Å². The first-order valence-electron chi connectivity index (χ1n) is 7.51. The second-order valence-electron chi connectivity index (χ2n) is 6.31. The number of hydrogen-bond donors (Lipinski definition) is 1. The molecule has 1 fully saturated rings. The summed E-state index contributed by atoms with van der Waals surface area (Å²) < 4.78 is 0. The smallest absolute Gasteiger partial charge is 0.128 e. The molecular weight excluding hydrogens is 234 g/mol. The molecule has 0 aliphatic carbocycles. The number of aromatic nitrogens is 1. The van der Waals surface area contributed by atoms with Crippen LogP contribution in [0.3, 0.4) is 0 Å². The van der Waals surface area contributed by atoms with E-state index in [4.69, 9.17) is 0 Å². The van der Waals surface area contributed by atoms with Crippen molar-refractivity contribution >= 4 is 5.82 Å². The zero-order valence-electron chi connectivity index (χ0n) is 12.6. The maximum absolute atomic E-state index is 4.63. The Bertz CT molecular complexity index is 383. The second kappa shape index (κ2) is 6.38. The highest BCUT2D eigenvalue weighted by atomic mass is 15.2. The van der Waals surface area contributed by atoms with E-state index in [1.807, 2.05) is 6.20 Å². The van der Waals surface area contributed by atoms with Gasteiger partial charge in [0, 0.05) is 25.8 Å². The van der Waals surface area contributed by atoms with Crippen molar-refractivity contribution in [2.75, 3.05) is 24.5 Å². The molecule has 2 rings (SSSR count). The lowest BCUT2D eigenvalue weighted by molar-refractivity contribution is 0.325. The topological polar surface area (TPSA) is 28.2 Å². The second-order valence-corrected chi connectivity index (χ2v) is 6.31. The van der Waals surface area contributed by atoms with Gasteiger partial charge >= 0.3 is 0 Å².